The predicted octanol–water partition coefficient (Wildman–Crippen LogP) is 5.96. The third-order valence-electron chi connectivity index (χ3n) is 8.06. The molecule has 5 rings (SSSR count). The Morgan fingerprint density at radius 2 is 1.71 bits per heavy atom. The first-order valence-corrected chi connectivity index (χ1v) is 14.8. The van der Waals surface area contributed by atoms with Crippen molar-refractivity contribution < 1.29 is 14.3 Å². The zero-order valence-corrected chi connectivity index (χ0v) is 24.2. The van der Waals surface area contributed by atoms with E-state index in [0.29, 0.717) is 24.4 Å². The van der Waals surface area contributed by atoms with Crippen molar-refractivity contribution in [2.75, 3.05) is 20.1 Å². The zero-order valence-electron chi connectivity index (χ0n) is 24.2. The summed E-state index contributed by atoms with van der Waals surface area (Å²) in [6, 6.07) is 26.3. The van der Waals surface area contributed by atoms with Crippen LogP contribution in [0, 0.1) is 6.92 Å². The maximum atomic E-state index is 13.6. The van der Waals surface area contributed by atoms with Gasteiger partial charge in [-0.2, -0.15) is 0 Å². The lowest BCUT2D eigenvalue weighted by Crippen LogP contribution is -2.54. The average Bonchev–Trinajstić information content (AvgIpc) is 2.99. The maximum Gasteiger partial charge on any atom is 0.289 e. The van der Waals surface area contributed by atoms with Gasteiger partial charge < -0.3 is 19.9 Å². The van der Waals surface area contributed by atoms with Gasteiger partial charge >= 0.3 is 0 Å². The fourth-order valence-electron chi connectivity index (χ4n) is 5.76. The standard InChI is InChI=1S/C35H41N3O3/c1-26-13-15-29(16-14-26)25-38-31-11-6-7-12-32(31)41-33(35(38)40)23-27-17-19-30(20-18-27)34(39)36-21-8-22-37(2)24-28-9-4-3-5-10-28/h3-5,9-10,13-20,23,31-32H,6-8,11-12,21-22,24-25H2,1-2H3,(H,36,39)/b33-23+. The molecule has 1 saturated carbocycles. The van der Waals surface area contributed by atoms with E-state index >= 15 is 0 Å². The summed E-state index contributed by atoms with van der Waals surface area (Å²) >= 11 is 0. The Hall–Kier alpha value is -3.90. The molecule has 6 nitrogen and oxygen atoms in total. The van der Waals surface area contributed by atoms with Crippen molar-refractivity contribution in [3.05, 3.63) is 112 Å². The number of aryl methyl sites for hydroxylation is 1. The molecular formula is C35H41N3O3. The quantitative estimate of drug-likeness (QED) is 0.250. The van der Waals surface area contributed by atoms with E-state index in [0.717, 1.165) is 56.3 Å². The van der Waals surface area contributed by atoms with Crippen molar-refractivity contribution in [3.8, 4) is 0 Å². The molecule has 2 unspecified atom stereocenters. The van der Waals surface area contributed by atoms with Gasteiger partial charge in [-0.15, -0.1) is 0 Å². The lowest BCUT2D eigenvalue weighted by atomic mass is 9.89. The third kappa shape index (κ3) is 7.65. The molecule has 2 atom stereocenters. The van der Waals surface area contributed by atoms with Crippen LogP contribution in [0.5, 0.6) is 0 Å². The van der Waals surface area contributed by atoms with Crippen LogP contribution in [0.3, 0.4) is 0 Å². The van der Waals surface area contributed by atoms with Crippen LogP contribution in [0.15, 0.2) is 84.6 Å². The van der Waals surface area contributed by atoms with Gasteiger partial charge in [0.2, 0.25) is 0 Å². The number of morpholine rings is 1. The normalized spacial score (nSPS) is 19.6. The number of ether oxygens (including phenoxy) is 1. The average molecular weight is 552 g/mol. The van der Waals surface area contributed by atoms with E-state index in [-0.39, 0.29) is 24.0 Å². The SMILES string of the molecule is Cc1ccc(CN2C(=O)/C(=C\c3ccc(C(=O)NCCCN(C)Cc4ccccc4)cc3)OC3CCCCC32)cc1. The molecule has 3 aromatic carbocycles. The molecule has 214 valence electrons. The van der Waals surface area contributed by atoms with Crippen LogP contribution in [0.1, 0.15) is 64.7 Å². The molecule has 1 heterocycles. The molecule has 0 spiro atoms. The van der Waals surface area contributed by atoms with Crippen LogP contribution in [0.25, 0.3) is 6.08 Å². The Balaban J connectivity index is 1.17. The molecule has 6 heteroatoms. The van der Waals surface area contributed by atoms with Gasteiger partial charge in [-0.25, -0.2) is 0 Å². The zero-order chi connectivity index (χ0) is 28.6. The Bertz CT molecular complexity index is 1340. The molecule has 0 bridgehead atoms. The number of hydrogen-bond donors (Lipinski definition) is 1. The van der Waals surface area contributed by atoms with Crippen molar-refractivity contribution in [1.29, 1.82) is 0 Å². The maximum absolute atomic E-state index is 13.6. The number of nitrogens with one attached hydrogen (secondary N) is 1. The highest BCUT2D eigenvalue weighted by molar-refractivity contribution is 5.97. The molecule has 2 amide bonds. The van der Waals surface area contributed by atoms with Gasteiger partial charge in [-0.3, -0.25) is 9.59 Å². The highest BCUT2D eigenvalue weighted by Crippen LogP contribution is 2.34. The van der Waals surface area contributed by atoms with E-state index in [1.807, 2.05) is 41.3 Å². The van der Waals surface area contributed by atoms with Gasteiger partial charge in [-0.05, 0) is 81.1 Å². The monoisotopic (exact) mass is 551 g/mol. The first kappa shape index (κ1) is 28.6. The Kier molecular flexibility index (Phi) is 9.52. The second-order valence-electron chi connectivity index (χ2n) is 11.4. The van der Waals surface area contributed by atoms with Gasteiger partial charge in [0.05, 0.1) is 6.04 Å². The first-order valence-electron chi connectivity index (χ1n) is 14.8. The van der Waals surface area contributed by atoms with E-state index in [1.54, 1.807) is 0 Å². The molecule has 2 fully saturated rings. The molecule has 1 saturated heterocycles. The van der Waals surface area contributed by atoms with Crippen LogP contribution in [0.2, 0.25) is 0 Å². The van der Waals surface area contributed by atoms with Gasteiger partial charge in [0.15, 0.2) is 5.76 Å². The number of carbonyl (C=O) groups excluding carboxylic acids is 2. The summed E-state index contributed by atoms with van der Waals surface area (Å²) in [6.07, 6.45) is 6.89. The summed E-state index contributed by atoms with van der Waals surface area (Å²) in [5.41, 5.74) is 5.08. The number of hydrogen-bond acceptors (Lipinski definition) is 4. The summed E-state index contributed by atoms with van der Waals surface area (Å²) in [5.74, 6) is 0.235. The minimum absolute atomic E-state index is 0.0231. The van der Waals surface area contributed by atoms with Crippen molar-refractivity contribution in [2.24, 2.45) is 0 Å². The van der Waals surface area contributed by atoms with Crippen LogP contribution >= 0.6 is 0 Å². The van der Waals surface area contributed by atoms with Crippen molar-refractivity contribution in [3.63, 3.8) is 0 Å². The highest BCUT2D eigenvalue weighted by atomic mass is 16.5. The Morgan fingerprint density at radius 1 is 0.976 bits per heavy atom. The summed E-state index contributed by atoms with van der Waals surface area (Å²) in [5, 5.41) is 3.02. The lowest BCUT2D eigenvalue weighted by molar-refractivity contribution is -0.149. The minimum atomic E-state index is -0.0887. The molecule has 0 aromatic heterocycles. The van der Waals surface area contributed by atoms with E-state index in [9.17, 15) is 9.59 Å². The fraction of sp³-hybridized carbons (Fsp3) is 0.371. The second-order valence-corrected chi connectivity index (χ2v) is 11.4. The van der Waals surface area contributed by atoms with E-state index in [4.69, 9.17) is 4.74 Å². The van der Waals surface area contributed by atoms with Gasteiger partial charge in [0.25, 0.3) is 11.8 Å². The topological polar surface area (TPSA) is 61.9 Å². The Labute approximate surface area is 244 Å². The first-order chi connectivity index (χ1) is 20.0. The lowest BCUT2D eigenvalue weighted by Gasteiger charge is -2.44. The number of rotatable bonds is 10. The van der Waals surface area contributed by atoms with E-state index in [2.05, 4.69) is 72.7 Å². The fourth-order valence-corrected chi connectivity index (χ4v) is 5.76. The number of benzene rings is 3. The van der Waals surface area contributed by atoms with Crippen LogP contribution in [-0.4, -0.2) is 53.9 Å². The molecule has 1 N–H and O–H groups in total. The number of nitrogens with zero attached hydrogens (tertiary/aromatic N) is 2. The van der Waals surface area contributed by atoms with Crippen molar-refractivity contribution in [1.82, 2.24) is 15.1 Å². The molecule has 0 radical (unpaired) electrons. The minimum Gasteiger partial charge on any atom is -0.482 e. The van der Waals surface area contributed by atoms with Gasteiger partial charge in [-0.1, -0.05) is 78.7 Å². The van der Waals surface area contributed by atoms with Crippen LogP contribution in [-0.2, 0) is 22.6 Å². The molecule has 1 aliphatic heterocycles. The predicted molar refractivity (Wildman–Crippen MR) is 163 cm³/mol. The summed E-state index contributed by atoms with van der Waals surface area (Å²) < 4.78 is 6.28. The smallest absolute Gasteiger partial charge is 0.289 e. The molecule has 41 heavy (non-hydrogen) atoms. The van der Waals surface area contributed by atoms with E-state index in [1.165, 1.54) is 11.1 Å². The molecule has 3 aromatic rings. The van der Waals surface area contributed by atoms with Crippen molar-refractivity contribution >= 4 is 17.9 Å². The number of fused-ring (bicyclic) bond motifs is 1. The number of carbonyl (C=O) groups is 2. The Morgan fingerprint density at radius 3 is 2.46 bits per heavy atom. The summed E-state index contributed by atoms with van der Waals surface area (Å²) in [6.45, 7) is 5.07. The molecule has 2 aliphatic rings. The highest BCUT2D eigenvalue weighted by Gasteiger charge is 2.41. The second kappa shape index (κ2) is 13.6. The van der Waals surface area contributed by atoms with Crippen LogP contribution in [0.4, 0.5) is 0 Å². The number of amides is 2. The van der Waals surface area contributed by atoms with Crippen molar-refractivity contribution in [2.45, 2.75) is 64.3 Å². The summed E-state index contributed by atoms with van der Waals surface area (Å²) in [4.78, 5) is 30.6. The largest absolute Gasteiger partial charge is 0.482 e. The third-order valence-corrected chi connectivity index (χ3v) is 8.06. The molecule has 1 aliphatic carbocycles. The van der Waals surface area contributed by atoms with E-state index < -0.39 is 0 Å². The van der Waals surface area contributed by atoms with Crippen LogP contribution < -0.4 is 5.32 Å². The van der Waals surface area contributed by atoms with Gasteiger partial charge in [0, 0.05) is 25.2 Å². The van der Waals surface area contributed by atoms with Gasteiger partial charge in [0.1, 0.15) is 6.10 Å². The molecular weight excluding hydrogens is 510 g/mol. The summed E-state index contributed by atoms with van der Waals surface area (Å²) in [7, 11) is 2.10.